The van der Waals surface area contributed by atoms with Gasteiger partial charge in [-0.15, -0.1) is 0 Å². The van der Waals surface area contributed by atoms with E-state index in [0.717, 1.165) is 6.42 Å². The third-order valence-corrected chi connectivity index (χ3v) is 9.51. The molecule has 6 rings (SSSR count). The summed E-state index contributed by atoms with van der Waals surface area (Å²) in [5, 5.41) is 0.0737. The predicted octanol–water partition coefficient (Wildman–Crippen LogP) is 4.56. The number of nitrogens with zero attached hydrogens (tertiary/aromatic N) is 5. The van der Waals surface area contributed by atoms with Crippen molar-refractivity contribution in [2.45, 2.75) is 56.9 Å². The fourth-order valence-corrected chi connectivity index (χ4v) is 7.16. The smallest absolute Gasteiger partial charge is 0.261 e. The Morgan fingerprint density at radius 3 is 2.60 bits per heavy atom. The maximum Gasteiger partial charge on any atom is 0.261 e. The van der Waals surface area contributed by atoms with Crippen molar-refractivity contribution in [1.82, 2.24) is 19.7 Å². The first-order valence-corrected chi connectivity index (χ1v) is 15.0. The van der Waals surface area contributed by atoms with Gasteiger partial charge in [0.25, 0.3) is 5.91 Å². The Morgan fingerprint density at radius 1 is 1.14 bits per heavy atom. The summed E-state index contributed by atoms with van der Waals surface area (Å²) in [6.45, 7) is 10.8. The number of benzene rings is 1. The molecule has 5 heterocycles. The molecule has 2 atom stereocenters. The lowest BCUT2D eigenvalue weighted by Crippen LogP contribution is -2.57. The number of rotatable bonds is 4. The van der Waals surface area contributed by atoms with Crippen molar-refractivity contribution in [1.29, 1.82) is 0 Å². The van der Waals surface area contributed by atoms with E-state index in [9.17, 15) is 14.0 Å². The van der Waals surface area contributed by atoms with Gasteiger partial charge in [0.05, 0.1) is 11.7 Å². The van der Waals surface area contributed by atoms with Crippen LogP contribution in [0, 0.1) is 5.82 Å². The number of aromatic nitrogens is 1. The molecule has 0 bridgehead atoms. The van der Waals surface area contributed by atoms with Gasteiger partial charge in [-0.05, 0) is 51.3 Å². The molecule has 3 fully saturated rings. The van der Waals surface area contributed by atoms with Crippen LogP contribution in [0.2, 0.25) is 5.02 Å². The SMILES string of the molecule is C=CC(=O)N1CCN2C(=O)c3c(N4CC(N5CCC(F)CC5)CC4(C)C)nc(-c4ccccc4F)c(Cl)c3OCC2C1. The molecule has 2 unspecified atom stereocenters. The van der Waals surface area contributed by atoms with E-state index in [1.807, 2.05) is 0 Å². The van der Waals surface area contributed by atoms with Gasteiger partial charge in [0.2, 0.25) is 5.91 Å². The standard InChI is InChI=1S/C31H36ClF2N5O3/c1-4-24(40)37-13-14-38-21(16-37)18-42-28-25(30(38)41)29(35-27(26(28)32)22-7-5-6-8-23(22)34)39-17-20(15-31(39,2)3)36-11-9-19(33)10-12-36/h4-8,19-21H,1,9-18H2,2-3H3. The molecule has 1 aromatic heterocycles. The van der Waals surface area contributed by atoms with Gasteiger partial charge in [-0.3, -0.25) is 14.5 Å². The molecule has 8 nitrogen and oxygen atoms in total. The number of halogens is 3. The number of carbonyl (C=O) groups is 2. The molecule has 0 N–H and O–H groups in total. The molecule has 3 saturated heterocycles. The van der Waals surface area contributed by atoms with E-state index in [-0.39, 0.29) is 52.1 Å². The molecule has 4 aliphatic heterocycles. The maximum atomic E-state index is 15.1. The van der Waals surface area contributed by atoms with Crippen LogP contribution in [0.15, 0.2) is 36.9 Å². The number of anilines is 1. The minimum atomic E-state index is -0.770. The van der Waals surface area contributed by atoms with E-state index in [0.29, 0.717) is 57.9 Å². The second kappa shape index (κ2) is 11.1. The highest BCUT2D eigenvalue weighted by molar-refractivity contribution is 6.35. The number of piperazine rings is 1. The molecule has 42 heavy (non-hydrogen) atoms. The second-order valence-electron chi connectivity index (χ2n) is 12.2. The van der Waals surface area contributed by atoms with Gasteiger partial charge in [-0.25, -0.2) is 13.8 Å². The molecule has 0 radical (unpaired) electrons. The third kappa shape index (κ3) is 5.02. The van der Waals surface area contributed by atoms with E-state index >= 15 is 4.39 Å². The number of carbonyl (C=O) groups excluding carboxylic acids is 2. The zero-order valence-corrected chi connectivity index (χ0v) is 24.7. The Balaban J connectivity index is 1.45. The molecule has 11 heteroatoms. The fraction of sp³-hybridized carbons (Fsp3) is 0.516. The zero-order valence-electron chi connectivity index (χ0n) is 24.0. The number of alkyl halides is 1. The summed E-state index contributed by atoms with van der Waals surface area (Å²) in [5.74, 6) is -0.386. The van der Waals surface area contributed by atoms with E-state index in [1.54, 1.807) is 28.0 Å². The minimum Gasteiger partial charge on any atom is -0.489 e. The molecular weight excluding hydrogens is 564 g/mol. The second-order valence-corrected chi connectivity index (χ2v) is 12.6. The summed E-state index contributed by atoms with van der Waals surface area (Å²) in [4.78, 5) is 39.5. The molecule has 0 saturated carbocycles. The normalized spacial score (nSPS) is 24.6. The van der Waals surface area contributed by atoms with Crippen LogP contribution in [0.1, 0.15) is 43.5 Å². The van der Waals surface area contributed by atoms with Crippen molar-refractivity contribution < 1.29 is 23.1 Å². The Hall–Kier alpha value is -3.24. The number of hydrogen-bond acceptors (Lipinski definition) is 6. The van der Waals surface area contributed by atoms with Crippen LogP contribution in [-0.2, 0) is 4.79 Å². The first-order chi connectivity index (χ1) is 20.1. The van der Waals surface area contributed by atoms with Crippen LogP contribution in [0.25, 0.3) is 11.3 Å². The fourth-order valence-electron chi connectivity index (χ4n) is 6.86. The average molecular weight is 600 g/mol. The summed E-state index contributed by atoms with van der Waals surface area (Å²) in [6.07, 6.45) is 2.31. The largest absolute Gasteiger partial charge is 0.489 e. The summed E-state index contributed by atoms with van der Waals surface area (Å²) < 4.78 is 35.4. The van der Waals surface area contributed by atoms with Gasteiger partial charge in [0.1, 0.15) is 35.0 Å². The van der Waals surface area contributed by atoms with Gasteiger partial charge in [0.15, 0.2) is 5.75 Å². The Bertz CT molecular complexity index is 1410. The van der Waals surface area contributed by atoms with Gasteiger partial charge < -0.3 is 19.4 Å². The monoisotopic (exact) mass is 599 g/mol. The molecule has 2 amide bonds. The molecule has 1 aromatic carbocycles. The number of pyridine rings is 1. The third-order valence-electron chi connectivity index (χ3n) is 9.16. The summed E-state index contributed by atoms with van der Waals surface area (Å²) in [7, 11) is 0. The minimum absolute atomic E-state index is 0.0737. The van der Waals surface area contributed by atoms with Crippen molar-refractivity contribution in [2.75, 3.05) is 50.8 Å². The number of amides is 2. The highest BCUT2D eigenvalue weighted by atomic mass is 35.5. The number of fused-ring (bicyclic) bond motifs is 2. The average Bonchev–Trinajstić information content (AvgIpc) is 3.22. The number of piperidine rings is 1. The lowest BCUT2D eigenvalue weighted by atomic mass is 9.97. The number of ether oxygens (including phenoxy) is 1. The number of likely N-dealkylation sites (tertiary alicyclic amines) is 1. The number of hydrogen-bond donors (Lipinski definition) is 0. The molecule has 2 aromatic rings. The van der Waals surface area contributed by atoms with Crippen LogP contribution in [0.3, 0.4) is 0 Å². The van der Waals surface area contributed by atoms with Crippen molar-refractivity contribution in [2.24, 2.45) is 0 Å². The highest BCUT2D eigenvalue weighted by Crippen LogP contribution is 2.47. The van der Waals surface area contributed by atoms with E-state index < -0.39 is 23.6 Å². The quantitative estimate of drug-likeness (QED) is 0.480. The molecule has 4 aliphatic rings. The summed E-state index contributed by atoms with van der Waals surface area (Å²) in [6, 6.07) is 6.01. The van der Waals surface area contributed by atoms with Crippen molar-refractivity contribution in [3.05, 3.63) is 53.3 Å². The molecule has 0 spiro atoms. The van der Waals surface area contributed by atoms with Gasteiger partial charge in [-0.2, -0.15) is 0 Å². The Labute approximate surface area is 249 Å². The van der Waals surface area contributed by atoms with Crippen molar-refractivity contribution in [3.8, 4) is 17.0 Å². The molecule has 0 aliphatic carbocycles. The van der Waals surface area contributed by atoms with Crippen LogP contribution in [0.4, 0.5) is 14.6 Å². The van der Waals surface area contributed by atoms with E-state index in [4.69, 9.17) is 21.3 Å². The first-order valence-electron chi connectivity index (χ1n) is 14.6. The summed E-state index contributed by atoms with van der Waals surface area (Å²) >= 11 is 6.92. The van der Waals surface area contributed by atoms with Crippen LogP contribution in [0.5, 0.6) is 5.75 Å². The first kappa shape index (κ1) is 28.9. The van der Waals surface area contributed by atoms with Gasteiger partial charge in [0, 0.05) is 56.4 Å². The van der Waals surface area contributed by atoms with Crippen molar-refractivity contribution >= 4 is 29.2 Å². The van der Waals surface area contributed by atoms with Gasteiger partial charge in [-0.1, -0.05) is 30.3 Å². The molecular formula is C31H36ClF2N5O3. The Morgan fingerprint density at radius 2 is 1.88 bits per heavy atom. The summed E-state index contributed by atoms with van der Waals surface area (Å²) in [5.41, 5.74) is 0.254. The lowest BCUT2D eigenvalue weighted by Gasteiger charge is -2.40. The van der Waals surface area contributed by atoms with Gasteiger partial charge >= 0.3 is 0 Å². The zero-order chi connectivity index (χ0) is 29.8. The van der Waals surface area contributed by atoms with Crippen LogP contribution in [-0.4, -0.2) is 101 Å². The van der Waals surface area contributed by atoms with E-state index in [2.05, 4.69) is 30.2 Å². The van der Waals surface area contributed by atoms with Crippen LogP contribution < -0.4 is 9.64 Å². The Kier molecular flexibility index (Phi) is 7.64. The maximum absolute atomic E-state index is 15.1. The molecule has 224 valence electrons. The van der Waals surface area contributed by atoms with E-state index in [1.165, 1.54) is 12.1 Å². The predicted molar refractivity (Wildman–Crippen MR) is 157 cm³/mol. The lowest BCUT2D eigenvalue weighted by molar-refractivity contribution is -0.128. The highest BCUT2D eigenvalue weighted by Gasteiger charge is 2.47. The topological polar surface area (TPSA) is 69.2 Å². The van der Waals surface area contributed by atoms with Crippen molar-refractivity contribution in [3.63, 3.8) is 0 Å². The van der Waals surface area contributed by atoms with Crippen LogP contribution >= 0.6 is 11.6 Å².